The highest BCUT2D eigenvalue weighted by molar-refractivity contribution is 5.85. The molecule has 0 aliphatic carbocycles. The molecule has 0 spiro atoms. The second-order valence-electron chi connectivity index (χ2n) is 6.73. The van der Waals surface area contributed by atoms with Crippen LogP contribution in [0.2, 0.25) is 0 Å². The van der Waals surface area contributed by atoms with Crippen LogP contribution in [0.1, 0.15) is 43.0 Å². The fraction of sp³-hybridized carbons (Fsp3) is 0.300. The van der Waals surface area contributed by atoms with Crippen LogP contribution in [-0.2, 0) is 5.41 Å². The molecule has 1 nitrogen and oxygen atoms in total. The van der Waals surface area contributed by atoms with Gasteiger partial charge in [0.25, 0.3) is 0 Å². The van der Waals surface area contributed by atoms with Crippen LogP contribution in [0.5, 0.6) is 5.75 Å². The van der Waals surface area contributed by atoms with Crippen molar-refractivity contribution in [2.75, 3.05) is 6.61 Å². The Morgan fingerprint density at radius 2 is 1.71 bits per heavy atom. The van der Waals surface area contributed by atoms with Gasteiger partial charge in [-0.25, -0.2) is 0 Å². The molecular formula is C20H22O. The highest BCUT2D eigenvalue weighted by Gasteiger charge is 2.25. The smallest absolute Gasteiger partial charge is 0.131 e. The Hall–Kier alpha value is -2.02. The summed E-state index contributed by atoms with van der Waals surface area (Å²) in [5.74, 6) is 1.05. The van der Waals surface area contributed by atoms with Crippen LogP contribution in [0.4, 0.5) is 0 Å². The zero-order valence-electron chi connectivity index (χ0n) is 13.2. The van der Waals surface area contributed by atoms with Crippen molar-refractivity contribution >= 4 is 5.57 Å². The highest BCUT2D eigenvalue weighted by atomic mass is 16.5. The summed E-state index contributed by atoms with van der Waals surface area (Å²) in [6.45, 7) is 9.53. The summed E-state index contributed by atoms with van der Waals surface area (Å²) in [6, 6.07) is 15.1. The standard InChI is InChI=1S/C20H22O/c1-14-12-17-16(15-8-6-5-7-9-15)10-11-21-19(17)18(13-14)20(2,3)4/h5-10,12-13H,11H2,1-4H3. The van der Waals surface area contributed by atoms with Gasteiger partial charge in [-0.15, -0.1) is 0 Å². The first-order chi connectivity index (χ1) is 9.97. The SMILES string of the molecule is Cc1cc2c(c(C(C)(C)C)c1)OCC=C2c1ccccc1. The van der Waals surface area contributed by atoms with Crippen molar-refractivity contribution in [3.8, 4) is 5.75 Å². The molecule has 1 heteroatoms. The van der Waals surface area contributed by atoms with E-state index in [2.05, 4.69) is 76.2 Å². The van der Waals surface area contributed by atoms with E-state index in [0.29, 0.717) is 6.61 Å². The lowest BCUT2D eigenvalue weighted by molar-refractivity contribution is 0.345. The zero-order valence-corrected chi connectivity index (χ0v) is 13.2. The summed E-state index contributed by atoms with van der Waals surface area (Å²) in [7, 11) is 0. The third-order valence-electron chi connectivity index (χ3n) is 3.93. The molecule has 0 fully saturated rings. The lowest BCUT2D eigenvalue weighted by Gasteiger charge is -2.28. The molecular weight excluding hydrogens is 256 g/mol. The summed E-state index contributed by atoms with van der Waals surface area (Å²) in [5.41, 5.74) is 6.41. The van der Waals surface area contributed by atoms with Gasteiger partial charge in [-0.3, -0.25) is 0 Å². The van der Waals surface area contributed by atoms with Gasteiger partial charge in [0, 0.05) is 11.1 Å². The number of rotatable bonds is 1. The number of hydrogen-bond acceptors (Lipinski definition) is 1. The van der Waals surface area contributed by atoms with Crippen LogP contribution in [0.15, 0.2) is 48.5 Å². The predicted octanol–water partition coefficient (Wildman–Crippen LogP) is 5.12. The van der Waals surface area contributed by atoms with Crippen molar-refractivity contribution < 1.29 is 4.74 Å². The van der Waals surface area contributed by atoms with Crippen LogP contribution < -0.4 is 4.74 Å². The molecule has 0 atom stereocenters. The molecule has 108 valence electrons. The lowest BCUT2D eigenvalue weighted by Crippen LogP contribution is -2.17. The van der Waals surface area contributed by atoms with Crippen molar-refractivity contribution in [1.82, 2.24) is 0 Å². The van der Waals surface area contributed by atoms with E-state index in [4.69, 9.17) is 4.74 Å². The molecule has 1 aliphatic heterocycles. The molecule has 1 aliphatic rings. The third-order valence-corrected chi connectivity index (χ3v) is 3.93. The van der Waals surface area contributed by atoms with E-state index >= 15 is 0 Å². The molecule has 0 bridgehead atoms. The Kier molecular flexibility index (Phi) is 3.36. The van der Waals surface area contributed by atoms with Crippen LogP contribution in [0, 0.1) is 6.92 Å². The van der Waals surface area contributed by atoms with E-state index in [-0.39, 0.29) is 5.41 Å². The molecule has 0 aromatic heterocycles. The second-order valence-corrected chi connectivity index (χ2v) is 6.73. The van der Waals surface area contributed by atoms with Crippen LogP contribution in [0.25, 0.3) is 5.57 Å². The second kappa shape index (κ2) is 5.07. The maximum atomic E-state index is 6.01. The number of fused-ring (bicyclic) bond motifs is 1. The van der Waals surface area contributed by atoms with Crippen molar-refractivity contribution in [2.45, 2.75) is 33.1 Å². The van der Waals surface area contributed by atoms with E-state index in [0.717, 1.165) is 5.75 Å². The molecule has 1 heterocycles. The van der Waals surface area contributed by atoms with E-state index in [9.17, 15) is 0 Å². The lowest BCUT2D eigenvalue weighted by atomic mass is 9.82. The van der Waals surface area contributed by atoms with Gasteiger partial charge in [0.2, 0.25) is 0 Å². The maximum Gasteiger partial charge on any atom is 0.131 e. The van der Waals surface area contributed by atoms with Crippen molar-refractivity contribution in [1.29, 1.82) is 0 Å². The average molecular weight is 278 g/mol. The summed E-state index contributed by atoms with van der Waals surface area (Å²) < 4.78 is 6.01. The molecule has 21 heavy (non-hydrogen) atoms. The first kappa shape index (κ1) is 13.9. The Balaban J connectivity index is 2.21. The van der Waals surface area contributed by atoms with Crippen molar-refractivity contribution in [3.05, 3.63) is 70.8 Å². The van der Waals surface area contributed by atoms with Gasteiger partial charge < -0.3 is 4.74 Å². The van der Waals surface area contributed by atoms with Gasteiger partial charge in [0.1, 0.15) is 12.4 Å². The van der Waals surface area contributed by atoms with E-state index in [1.807, 2.05) is 0 Å². The number of benzene rings is 2. The van der Waals surface area contributed by atoms with Crippen molar-refractivity contribution in [3.63, 3.8) is 0 Å². The summed E-state index contributed by atoms with van der Waals surface area (Å²) >= 11 is 0. The van der Waals surface area contributed by atoms with Crippen LogP contribution in [0.3, 0.4) is 0 Å². The van der Waals surface area contributed by atoms with Crippen LogP contribution in [-0.4, -0.2) is 6.61 Å². The number of ether oxygens (including phenoxy) is 1. The maximum absolute atomic E-state index is 6.01. The molecule has 2 aromatic rings. The Morgan fingerprint density at radius 3 is 2.38 bits per heavy atom. The first-order valence-corrected chi connectivity index (χ1v) is 7.51. The number of aryl methyl sites for hydroxylation is 1. The molecule has 0 radical (unpaired) electrons. The molecule has 2 aromatic carbocycles. The first-order valence-electron chi connectivity index (χ1n) is 7.51. The largest absolute Gasteiger partial charge is 0.489 e. The quantitative estimate of drug-likeness (QED) is 0.703. The Labute approximate surface area is 127 Å². The molecule has 0 N–H and O–H groups in total. The monoisotopic (exact) mass is 278 g/mol. The normalized spacial score (nSPS) is 14.2. The Morgan fingerprint density at radius 1 is 1.00 bits per heavy atom. The van der Waals surface area contributed by atoms with E-state index in [1.165, 1.54) is 27.8 Å². The summed E-state index contributed by atoms with van der Waals surface area (Å²) in [6.07, 6.45) is 2.18. The summed E-state index contributed by atoms with van der Waals surface area (Å²) in [4.78, 5) is 0. The fourth-order valence-corrected chi connectivity index (χ4v) is 2.90. The molecule has 0 unspecified atom stereocenters. The molecule has 0 amide bonds. The van der Waals surface area contributed by atoms with E-state index in [1.54, 1.807) is 0 Å². The van der Waals surface area contributed by atoms with Gasteiger partial charge in [0.15, 0.2) is 0 Å². The third kappa shape index (κ3) is 2.61. The predicted molar refractivity (Wildman–Crippen MR) is 88.9 cm³/mol. The van der Waals surface area contributed by atoms with Crippen LogP contribution >= 0.6 is 0 Å². The minimum absolute atomic E-state index is 0.0786. The minimum atomic E-state index is 0.0786. The molecule has 3 rings (SSSR count). The van der Waals surface area contributed by atoms with Gasteiger partial charge in [-0.1, -0.05) is 57.2 Å². The minimum Gasteiger partial charge on any atom is -0.489 e. The van der Waals surface area contributed by atoms with E-state index < -0.39 is 0 Å². The highest BCUT2D eigenvalue weighted by Crippen LogP contribution is 2.42. The Bertz CT molecular complexity index is 688. The summed E-state index contributed by atoms with van der Waals surface area (Å²) in [5, 5.41) is 0. The van der Waals surface area contributed by atoms with Gasteiger partial charge in [-0.05, 0) is 41.2 Å². The molecule has 0 saturated carbocycles. The zero-order chi connectivity index (χ0) is 15.0. The number of hydrogen-bond donors (Lipinski definition) is 0. The van der Waals surface area contributed by atoms with Gasteiger partial charge in [0.05, 0.1) is 0 Å². The van der Waals surface area contributed by atoms with Gasteiger partial charge >= 0.3 is 0 Å². The molecule has 0 saturated heterocycles. The topological polar surface area (TPSA) is 9.23 Å². The van der Waals surface area contributed by atoms with Crippen molar-refractivity contribution in [2.24, 2.45) is 0 Å². The van der Waals surface area contributed by atoms with Gasteiger partial charge in [-0.2, -0.15) is 0 Å². The average Bonchev–Trinajstić information content (AvgIpc) is 2.45. The fourth-order valence-electron chi connectivity index (χ4n) is 2.90.